The van der Waals surface area contributed by atoms with Crippen molar-refractivity contribution in [3.8, 4) is 0 Å². The van der Waals surface area contributed by atoms with Crippen molar-refractivity contribution >= 4 is 31.5 Å². The first kappa shape index (κ1) is 21.6. The van der Waals surface area contributed by atoms with E-state index in [0.717, 1.165) is 41.6 Å². The Morgan fingerprint density at radius 2 is 1.70 bits per heavy atom. The lowest BCUT2D eigenvalue weighted by Crippen LogP contribution is -2.41. The van der Waals surface area contributed by atoms with Crippen molar-refractivity contribution in [1.82, 2.24) is 5.32 Å². The molecule has 2 nitrogen and oxygen atoms in total. The van der Waals surface area contributed by atoms with E-state index in [9.17, 15) is 4.39 Å². The van der Waals surface area contributed by atoms with Gasteiger partial charge in [0.2, 0.25) is 0 Å². The van der Waals surface area contributed by atoms with Gasteiger partial charge in [0.25, 0.3) is 0 Å². The topological polar surface area (TPSA) is 21.3 Å². The maximum absolute atomic E-state index is 13.7. The summed E-state index contributed by atoms with van der Waals surface area (Å²) >= 11 is 12.8. The molecule has 6 heteroatoms. The molecule has 1 atom stereocenters. The Bertz CT molecular complexity index is 624. The van der Waals surface area contributed by atoms with E-state index in [0.29, 0.717) is 16.6 Å². The van der Waals surface area contributed by atoms with Gasteiger partial charge in [0.1, 0.15) is 5.82 Å². The van der Waals surface area contributed by atoms with Crippen molar-refractivity contribution < 1.29 is 8.82 Å². The molecule has 152 valence electrons. The summed E-state index contributed by atoms with van der Waals surface area (Å²) < 4.78 is 20.4. The fourth-order valence-electron chi connectivity index (χ4n) is 4.68. The highest BCUT2D eigenvalue weighted by molar-refractivity contribution is 6.73. The van der Waals surface area contributed by atoms with Gasteiger partial charge < -0.3 is 9.74 Å². The number of halogens is 3. The van der Waals surface area contributed by atoms with Crippen LogP contribution in [-0.2, 0) is 4.43 Å². The van der Waals surface area contributed by atoms with Gasteiger partial charge in [0, 0.05) is 12.1 Å². The van der Waals surface area contributed by atoms with Gasteiger partial charge in [-0.1, -0.05) is 44.0 Å². The Morgan fingerprint density at radius 1 is 1.15 bits per heavy atom. The molecular weight excluding hydrogens is 400 g/mol. The summed E-state index contributed by atoms with van der Waals surface area (Å²) in [5.74, 6) is 0.368. The van der Waals surface area contributed by atoms with Gasteiger partial charge in [0.05, 0.1) is 16.1 Å². The summed E-state index contributed by atoms with van der Waals surface area (Å²) in [7, 11) is -1.86. The fraction of sp³-hybridized carbons (Fsp3) is 0.714. The first-order chi connectivity index (χ1) is 12.9. The second kappa shape index (κ2) is 8.70. The Balaban J connectivity index is 1.71. The summed E-state index contributed by atoms with van der Waals surface area (Å²) in [4.78, 5) is 0. The van der Waals surface area contributed by atoms with Crippen molar-refractivity contribution in [2.24, 2.45) is 11.3 Å². The van der Waals surface area contributed by atoms with E-state index >= 15 is 0 Å². The largest absolute Gasteiger partial charge is 0.409 e. The minimum atomic E-state index is -1.86. The molecule has 2 saturated carbocycles. The monoisotopic (exact) mass is 431 g/mol. The number of rotatable bonds is 10. The summed E-state index contributed by atoms with van der Waals surface area (Å²) in [5, 5.41) is 4.32. The molecule has 2 aliphatic rings. The van der Waals surface area contributed by atoms with Crippen LogP contribution in [0.25, 0.3) is 0 Å². The van der Waals surface area contributed by atoms with Gasteiger partial charge in [-0.2, -0.15) is 0 Å². The minimum Gasteiger partial charge on any atom is -0.409 e. The predicted octanol–water partition coefficient (Wildman–Crippen LogP) is 6.98. The third-order valence-corrected chi connectivity index (χ3v) is 12.1. The molecule has 1 unspecified atom stereocenters. The van der Waals surface area contributed by atoms with Crippen molar-refractivity contribution in [2.45, 2.75) is 70.7 Å². The average Bonchev–Trinajstić information content (AvgIpc) is 3.39. The molecule has 27 heavy (non-hydrogen) atoms. The lowest BCUT2D eigenvalue weighted by atomic mass is 9.72. The standard InChI is InChI=1S/C21H32Cl2FNOSi/c1-4-27(5-2,6-3)26-19(20-17(22)9-16(24)10-18(20)23)14-25-13-15-11-21(12-15)7-8-21/h9-10,15,19,25H,4-8,11-14H2,1-3H3. The molecule has 0 saturated heterocycles. The molecule has 0 bridgehead atoms. The van der Waals surface area contributed by atoms with Crippen LogP contribution in [0.3, 0.4) is 0 Å². The Labute approximate surface area is 174 Å². The highest BCUT2D eigenvalue weighted by Crippen LogP contribution is 2.63. The van der Waals surface area contributed by atoms with Crippen LogP contribution in [-0.4, -0.2) is 21.4 Å². The quantitative estimate of drug-likeness (QED) is 0.403. The lowest BCUT2D eigenvalue weighted by Gasteiger charge is -2.37. The Hall–Kier alpha value is -0.133. The third kappa shape index (κ3) is 4.89. The zero-order chi connectivity index (χ0) is 19.7. The minimum absolute atomic E-state index is 0.230. The predicted molar refractivity (Wildman–Crippen MR) is 115 cm³/mol. The molecule has 3 rings (SSSR count). The molecule has 0 heterocycles. The van der Waals surface area contributed by atoms with Gasteiger partial charge >= 0.3 is 0 Å². The van der Waals surface area contributed by atoms with E-state index in [-0.39, 0.29) is 6.10 Å². The molecule has 1 N–H and O–H groups in total. The summed E-state index contributed by atoms with van der Waals surface area (Å²) in [6.07, 6.45) is 5.34. The average molecular weight is 432 g/mol. The van der Waals surface area contributed by atoms with Crippen LogP contribution in [0.5, 0.6) is 0 Å². The molecule has 2 fully saturated rings. The van der Waals surface area contributed by atoms with E-state index in [1.807, 2.05) is 0 Å². The maximum atomic E-state index is 13.7. The number of hydrogen-bond acceptors (Lipinski definition) is 2. The molecule has 0 radical (unpaired) electrons. The van der Waals surface area contributed by atoms with Gasteiger partial charge in [-0.05, 0) is 73.8 Å². The SMILES string of the molecule is CC[Si](CC)(CC)OC(CNCC1CC2(CC2)C1)c1c(Cl)cc(F)cc1Cl. The molecule has 1 aromatic rings. The summed E-state index contributed by atoms with van der Waals surface area (Å²) in [5.41, 5.74) is 1.45. The van der Waals surface area contributed by atoms with E-state index in [1.165, 1.54) is 37.8 Å². The first-order valence-corrected chi connectivity index (χ1v) is 13.7. The number of hydrogen-bond donors (Lipinski definition) is 1. The molecule has 0 amide bonds. The van der Waals surface area contributed by atoms with Crippen LogP contribution >= 0.6 is 23.2 Å². The van der Waals surface area contributed by atoms with Crippen LogP contribution in [0.1, 0.15) is 58.1 Å². The van der Waals surface area contributed by atoms with Gasteiger partial charge in [-0.3, -0.25) is 0 Å². The highest BCUT2D eigenvalue weighted by Gasteiger charge is 2.52. The third-order valence-electron chi connectivity index (χ3n) is 6.85. The van der Waals surface area contributed by atoms with E-state index in [1.54, 1.807) is 0 Å². The molecule has 1 spiro atoms. The van der Waals surface area contributed by atoms with Crippen molar-refractivity contribution in [3.63, 3.8) is 0 Å². The molecule has 1 aromatic carbocycles. The maximum Gasteiger partial charge on any atom is 0.192 e. The van der Waals surface area contributed by atoms with Gasteiger partial charge in [0.15, 0.2) is 8.32 Å². The second-order valence-electron chi connectivity index (χ2n) is 8.57. The van der Waals surface area contributed by atoms with E-state index in [2.05, 4.69) is 26.1 Å². The smallest absolute Gasteiger partial charge is 0.192 e. The van der Waals surface area contributed by atoms with Gasteiger partial charge in [-0.15, -0.1) is 0 Å². The van der Waals surface area contributed by atoms with Crippen LogP contribution in [0, 0.1) is 17.2 Å². The normalized spacial score (nSPS) is 19.9. The number of benzene rings is 1. The van der Waals surface area contributed by atoms with Crippen LogP contribution < -0.4 is 5.32 Å². The van der Waals surface area contributed by atoms with Crippen molar-refractivity contribution in [3.05, 3.63) is 33.6 Å². The Kier molecular flexibility index (Phi) is 6.95. The highest BCUT2D eigenvalue weighted by atomic mass is 35.5. The van der Waals surface area contributed by atoms with E-state index in [4.69, 9.17) is 27.6 Å². The summed E-state index contributed by atoms with van der Waals surface area (Å²) in [6, 6.07) is 5.85. The van der Waals surface area contributed by atoms with Crippen LogP contribution in [0.2, 0.25) is 28.2 Å². The molecule has 0 aromatic heterocycles. The number of nitrogens with one attached hydrogen (secondary N) is 1. The molecular formula is C21H32Cl2FNOSi. The van der Waals surface area contributed by atoms with Crippen LogP contribution in [0.4, 0.5) is 4.39 Å². The lowest BCUT2D eigenvalue weighted by molar-refractivity contribution is 0.148. The zero-order valence-corrected chi connectivity index (χ0v) is 19.2. The van der Waals surface area contributed by atoms with Crippen molar-refractivity contribution in [2.75, 3.05) is 13.1 Å². The first-order valence-electron chi connectivity index (χ1n) is 10.4. The van der Waals surface area contributed by atoms with Crippen LogP contribution in [0.15, 0.2) is 12.1 Å². The molecule has 2 aliphatic carbocycles. The zero-order valence-electron chi connectivity index (χ0n) is 16.7. The van der Waals surface area contributed by atoms with Gasteiger partial charge in [-0.25, -0.2) is 4.39 Å². The fourth-order valence-corrected chi connectivity index (χ4v) is 8.19. The summed E-state index contributed by atoms with van der Waals surface area (Å²) in [6.45, 7) is 8.31. The van der Waals surface area contributed by atoms with Crippen molar-refractivity contribution in [1.29, 1.82) is 0 Å². The Morgan fingerprint density at radius 3 is 2.19 bits per heavy atom. The molecule has 0 aliphatic heterocycles. The second-order valence-corrected chi connectivity index (χ2v) is 14.1. The van der Waals surface area contributed by atoms with E-state index < -0.39 is 14.1 Å².